The molecule has 2 N–H and O–H groups in total. The van der Waals surface area contributed by atoms with Gasteiger partial charge in [0.05, 0.1) is 0 Å². The lowest BCUT2D eigenvalue weighted by atomic mass is 9.73. The van der Waals surface area contributed by atoms with Gasteiger partial charge in [-0.2, -0.15) is 0 Å². The quantitative estimate of drug-likeness (QED) is 0.715. The number of thiophene rings is 1. The number of hydrogen-bond acceptors (Lipinski definition) is 4. The summed E-state index contributed by atoms with van der Waals surface area (Å²) in [7, 11) is 0. The van der Waals surface area contributed by atoms with Crippen LogP contribution in [0.15, 0.2) is 41.8 Å². The Bertz CT molecular complexity index is 920. The van der Waals surface area contributed by atoms with Gasteiger partial charge < -0.3 is 15.5 Å². The van der Waals surface area contributed by atoms with Crippen molar-refractivity contribution in [2.24, 2.45) is 0 Å². The fraction of sp³-hybridized carbons (Fsp3) is 0.435. The van der Waals surface area contributed by atoms with Gasteiger partial charge >= 0.3 is 11.8 Å². The van der Waals surface area contributed by atoms with E-state index in [0.717, 1.165) is 37.8 Å². The van der Waals surface area contributed by atoms with Crippen LogP contribution in [-0.4, -0.2) is 30.8 Å². The number of hydrogen-bond donors (Lipinski definition) is 2. The topological polar surface area (TPSA) is 78.5 Å². The van der Waals surface area contributed by atoms with E-state index in [1.54, 1.807) is 34.4 Å². The Morgan fingerprint density at radius 3 is 2.57 bits per heavy atom. The summed E-state index contributed by atoms with van der Waals surface area (Å²) in [4.78, 5) is 39.9. The highest BCUT2D eigenvalue weighted by molar-refractivity contribution is 7.10. The van der Waals surface area contributed by atoms with Crippen LogP contribution in [0.3, 0.4) is 0 Å². The van der Waals surface area contributed by atoms with Crippen molar-refractivity contribution in [2.75, 3.05) is 23.3 Å². The molecule has 0 bridgehead atoms. The molecule has 7 heteroatoms. The smallest absolute Gasteiger partial charge is 0.313 e. The summed E-state index contributed by atoms with van der Waals surface area (Å²) < 4.78 is 0. The number of nitrogens with one attached hydrogen (secondary N) is 2. The number of rotatable bonds is 5. The van der Waals surface area contributed by atoms with Crippen LogP contribution in [0.2, 0.25) is 0 Å². The Morgan fingerprint density at radius 2 is 1.87 bits per heavy atom. The molecule has 6 nitrogen and oxygen atoms in total. The number of anilines is 2. The maximum Gasteiger partial charge on any atom is 0.313 e. The van der Waals surface area contributed by atoms with Crippen molar-refractivity contribution in [3.8, 4) is 0 Å². The van der Waals surface area contributed by atoms with Crippen molar-refractivity contribution < 1.29 is 14.4 Å². The Labute approximate surface area is 180 Å². The highest BCUT2D eigenvalue weighted by Crippen LogP contribution is 2.41. The van der Waals surface area contributed by atoms with Gasteiger partial charge in [0.2, 0.25) is 5.91 Å². The molecule has 1 saturated carbocycles. The molecule has 2 fully saturated rings. The van der Waals surface area contributed by atoms with Crippen LogP contribution in [0.25, 0.3) is 0 Å². The predicted molar refractivity (Wildman–Crippen MR) is 119 cm³/mol. The Kier molecular flexibility index (Phi) is 6.18. The van der Waals surface area contributed by atoms with Gasteiger partial charge in [-0.25, -0.2) is 0 Å². The second-order valence-electron chi connectivity index (χ2n) is 8.15. The standard InChI is InChI=1S/C23H27N3O3S/c27-20-10-5-13-26(20)18-8-4-7-17(15-18)25-22(29)21(28)24-16-23(11-2-1-3-12-23)19-9-6-14-30-19/h4,6-9,14-15H,1-3,5,10-13,16H2,(H,24,28)(H,25,29). The number of amides is 3. The van der Waals surface area contributed by atoms with Crippen molar-refractivity contribution in [2.45, 2.75) is 50.4 Å². The molecule has 1 aromatic carbocycles. The third-order valence-electron chi connectivity index (χ3n) is 6.14. The highest BCUT2D eigenvalue weighted by atomic mass is 32.1. The SMILES string of the molecule is O=C(NCC1(c2cccs2)CCCCC1)C(=O)Nc1cccc(N2CCCC2=O)c1. The van der Waals surface area contributed by atoms with E-state index in [4.69, 9.17) is 0 Å². The maximum atomic E-state index is 12.5. The zero-order valence-electron chi connectivity index (χ0n) is 17.0. The van der Waals surface area contributed by atoms with Gasteiger partial charge in [-0.15, -0.1) is 11.3 Å². The fourth-order valence-corrected chi connectivity index (χ4v) is 5.50. The molecule has 1 aliphatic carbocycles. The zero-order chi connectivity index (χ0) is 21.0. The lowest BCUT2D eigenvalue weighted by molar-refractivity contribution is -0.136. The molecule has 2 aliphatic rings. The van der Waals surface area contributed by atoms with E-state index in [-0.39, 0.29) is 11.3 Å². The van der Waals surface area contributed by atoms with Crippen molar-refractivity contribution in [3.63, 3.8) is 0 Å². The third-order valence-corrected chi connectivity index (χ3v) is 7.25. The van der Waals surface area contributed by atoms with E-state index in [1.807, 2.05) is 12.1 Å². The van der Waals surface area contributed by atoms with Crippen LogP contribution in [-0.2, 0) is 19.8 Å². The molecule has 0 unspecified atom stereocenters. The average Bonchev–Trinajstić information content (AvgIpc) is 3.45. The predicted octanol–water partition coefficient (Wildman–Crippen LogP) is 3.83. The van der Waals surface area contributed by atoms with Crippen molar-refractivity contribution in [3.05, 3.63) is 46.7 Å². The lowest BCUT2D eigenvalue weighted by Crippen LogP contribution is -2.45. The third kappa shape index (κ3) is 4.41. The highest BCUT2D eigenvalue weighted by Gasteiger charge is 2.35. The lowest BCUT2D eigenvalue weighted by Gasteiger charge is -2.36. The van der Waals surface area contributed by atoms with Crippen LogP contribution >= 0.6 is 11.3 Å². The minimum absolute atomic E-state index is 0.0710. The molecule has 30 heavy (non-hydrogen) atoms. The van der Waals surface area contributed by atoms with E-state index in [2.05, 4.69) is 22.1 Å². The second kappa shape index (κ2) is 9.00. The molecule has 1 saturated heterocycles. The molecule has 2 heterocycles. The molecular formula is C23H27N3O3S. The molecule has 0 radical (unpaired) electrons. The maximum absolute atomic E-state index is 12.5. The van der Waals surface area contributed by atoms with E-state index < -0.39 is 11.8 Å². The number of carbonyl (C=O) groups is 3. The number of nitrogens with zero attached hydrogens (tertiary/aromatic N) is 1. The van der Waals surface area contributed by atoms with Gasteiger partial charge in [-0.1, -0.05) is 31.4 Å². The number of benzene rings is 1. The molecule has 158 valence electrons. The molecule has 3 amide bonds. The molecular weight excluding hydrogens is 398 g/mol. The molecule has 0 spiro atoms. The second-order valence-corrected chi connectivity index (χ2v) is 9.10. The Balaban J connectivity index is 1.38. The first-order valence-corrected chi connectivity index (χ1v) is 11.5. The Morgan fingerprint density at radius 1 is 1.03 bits per heavy atom. The van der Waals surface area contributed by atoms with Crippen LogP contribution < -0.4 is 15.5 Å². The molecule has 1 aromatic heterocycles. The largest absolute Gasteiger partial charge is 0.347 e. The summed E-state index contributed by atoms with van der Waals surface area (Å²) in [6.07, 6.45) is 6.94. The van der Waals surface area contributed by atoms with Gasteiger partial charge in [0.1, 0.15) is 0 Å². The van der Waals surface area contributed by atoms with E-state index in [0.29, 0.717) is 25.2 Å². The summed E-state index contributed by atoms with van der Waals surface area (Å²) in [5.74, 6) is -1.22. The fourth-order valence-electron chi connectivity index (χ4n) is 4.51. The average molecular weight is 426 g/mol. The van der Waals surface area contributed by atoms with E-state index in [1.165, 1.54) is 11.3 Å². The monoisotopic (exact) mass is 425 g/mol. The van der Waals surface area contributed by atoms with Crippen molar-refractivity contribution in [1.29, 1.82) is 0 Å². The first-order valence-electron chi connectivity index (χ1n) is 10.6. The van der Waals surface area contributed by atoms with Crippen LogP contribution in [0.5, 0.6) is 0 Å². The van der Waals surface area contributed by atoms with E-state index >= 15 is 0 Å². The summed E-state index contributed by atoms with van der Waals surface area (Å²) in [6, 6.07) is 11.3. The van der Waals surface area contributed by atoms with Gasteiger partial charge in [0, 0.05) is 41.2 Å². The van der Waals surface area contributed by atoms with E-state index in [9.17, 15) is 14.4 Å². The minimum Gasteiger partial charge on any atom is -0.347 e. The summed E-state index contributed by atoms with van der Waals surface area (Å²) in [5.41, 5.74) is 1.19. The molecule has 2 aromatic rings. The first-order chi connectivity index (χ1) is 14.6. The summed E-state index contributed by atoms with van der Waals surface area (Å²) in [6.45, 7) is 1.16. The van der Waals surface area contributed by atoms with Crippen molar-refractivity contribution in [1.82, 2.24) is 5.32 Å². The Hall–Kier alpha value is -2.67. The van der Waals surface area contributed by atoms with Gasteiger partial charge in [0.25, 0.3) is 0 Å². The van der Waals surface area contributed by atoms with Gasteiger partial charge in [-0.3, -0.25) is 14.4 Å². The summed E-state index contributed by atoms with van der Waals surface area (Å²) in [5, 5.41) is 7.61. The summed E-state index contributed by atoms with van der Waals surface area (Å²) >= 11 is 1.72. The molecule has 1 aliphatic heterocycles. The molecule has 4 rings (SSSR count). The van der Waals surface area contributed by atoms with Crippen molar-refractivity contribution >= 4 is 40.4 Å². The van der Waals surface area contributed by atoms with Gasteiger partial charge in [-0.05, 0) is 48.9 Å². The first kappa shape index (κ1) is 20.6. The van der Waals surface area contributed by atoms with Crippen LogP contribution in [0.1, 0.15) is 49.8 Å². The van der Waals surface area contributed by atoms with Crippen LogP contribution in [0, 0.1) is 0 Å². The normalized spacial score (nSPS) is 18.3. The molecule has 0 atom stereocenters. The van der Waals surface area contributed by atoms with Gasteiger partial charge in [0.15, 0.2) is 0 Å². The van der Waals surface area contributed by atoms with Crippen LogP contribution in [0.4, 0.5) is 11.4 Å². The number of carbonyl (C=O) groups excluding carboxylic acids is 3. The minimum atomic E-state index is -0.683. The zero-order valence-corrected chi connectivity index (χ0v) is 17.8.